The van der Waals surface area contributed by atoms with Crippen LogP contribution in [0, 0.1) is 5.92 Å². The van der Waals surface area contributed by atoms with Gasteiger partial charge in [-0.25, -0.2) is 4.79 Å². The van der Waals surface area contributed by atoms with Gasteiger partial charge in [-0.3, -0.25) is 0 Å². The van der Waals surface area contributed by atoms with Crippen LogP contribution in [-0.4, -0.2) is 15.6 Å². The van der Waals surface area contributed by atoms with Gasteiger partial charge in [-0.1, -0.05) is 13.8 Å². The van der Waals surface area contributed by atoms with Crippen LogP contribution in [0.5, 0.6) is 0 Å². The summed E-state index contributed by atoms with van der Waals surface area (Å²) in [6, 6.07) is 3.22. The van der Waals surface area contributed by atoms with Crippen LogP contribution in [0.15, 0.2) is 24.5 Å². The molecule has 12 heavy (non-hydrogen) atoms. The van der Waals surface area contributed by atoms with Crippen molar-refractivity contribution in [1.29, 1.82) is 0 Å². The average molecular weight is 167 g/mol. The summed E-state index contributed by atoms with van der Waals surface area (Å²) in [5.41, 5.74) is 0. The van der Waals surface area contributed by atoms with Gasteiger partial charge in [-0.05, 0) is 18.1 Å². The molecule has 0 aromatic carbocycles. The van der Waals surface area contributed by atoms with E-state index in [1.807, 2.05) is 26.0 Å². The molecule has 0 aliphatic heterocycles. The van der Waals surface area contributed by atoms with Crippen LogP contribution in [0.1, 0.15) is 19.9 Å². The molecule has 1 aromatic rings. The highest BCUT2D eigenvalue weighted by molar-refractivity contribution is 5.72. The van der Waals surface area contributed by atoms with Crippen LogP contribution < -0.4 is 0 Å². The largest absolute Gasteiger partial charge is 0.480 e. The molecule has 0 aliphatic rings. The molecule has 1 N–H and O–H groups in total. The molecule has 0 saturated heterocycles. The van der Waals surface area contributed by atoms with Crippen molar-refractivity contribution in [2.24, 2.45) is 5.92 Å². The lowest BCUT2D eigenvalue weighted by molar-refractivity contribution is -0.142. The van der Waals surface area contributed by atoms with Crippen LogP contribution in [0.25, 0.3) is 0 Å². The predicted octanol–water partition coefficient (Wildman–Crippen LogP) is 1.77. The van der Waals surface area contributed by atoms with E-state index < -0.39 is 12.0 Å². The Morgan fingerprint density at radius 2 is 1.83 bits per heavy atom. The van der Waals surface area contributed by atoms with Crippen molar-refractivity contribution in [3.05, 3.63) is 24.5 Å². The number of carboxylic acids is 1. The van der Waals surface area contributed by atoms with Crippen molar-refractivity contribution in [2.45, 2.75) is 19.9 Å². The molecule has 0 radical (unpaired) electrons. The number of aromatic nitrogens is 1. The van der Waals surface area contributed by atoms with Crippen molar-refractivity contribution in [1.82, 2.24) is 4.57 Å². The lowest BCUT2D eigenvalue weighted by Gasteiger charge is -2.17. The molecule has 0 amide bonds. The second-order valence-electron chi connectivity index (χ2n) is 3.16. The summed E-state index contributed by atoms with van der Waals surface area (Å²) in [5, 5.41) is 8.89. The minimum atomic E-state index is -0.777. The first-order valence-corrected chi connectivity index (χ1v) is 3.98. The second kappa shape index (κ2) is 3.43. The molecular weight excluding hydrogens is 154 g/mol. The minimum absolute atomic E-state index is 0.106. The molecule has 0 bridgehead atoms. The Kier molecular flexibility index (Phi) is 2.53. The third kappa shape index (κ3) is 1.67. The third-order valence-corrected chi connectivity index (χ3v) is 1.83. The van der Waals surface area contributed by atoms with Crippen molar-refractivity contribution >= 4 is 5.97 Å². The van der Waals surface area contributed by atoms with E-state index in [1.54, 1.807) is 17.0 Å². The van der Waals surface area contributed by atoms with Gasteiger partial charge in [0.05, 0.1) is 0 Å². The zero-order valence-electron chi connectivity index (χ0n) is 7.27. The van der Waals surface area contributed by atoms with E-state index in [4.69, 9.17) is 5.11 Å². The van der Waals surface area contributed by atoms with Gasteiger partial charge in [-0.2, -0.15) is 0 Å². The molecule has 1 atom stereocenters. The Hall–Kier alpha value is -1.25. The van der Waals surface area contributed by atoms with E-state index in [-0.39, 0.29) is 5.92 Å². The molecule has 66 valence electrons. The van der Waals surface area contributed by atoms with E-state index in [0.717, 1.165) is 0 Å². The van der Waals surface area contributed by atoms with Crippen LogP contribution in [0.3, 0.4) is 0 Å². The fourth-order valence-corrected chi connectivity index (χ4v) is 1.29. The summed E-state index contributed by atoms with van der Waals surface area (Å²) in [6.45, 7) is 3.80. The molecule has 1 rings (SSSR count). The Morgan fingerprint density at radius 3 is 2.17 bits per heavy atom. The lowest BCUT2D eigenvalue weighted by atomic mass is 10.1. The number of carboxylic acid groups (broad SMARTS) is 1. The van der Waals surface area contributed by atoms with Crippen LogP contribution >= 0.6 is 0 Å². The first kappa shape index (κ1) is 8.84. The average Bonchev–Trinajstić information content (AvgIpc) is 2.37. The highest BCUT2D eigenvalue weighted by Gasteiger charge is 2.21. The van der Waals surface area contributed by atoms with E-state index in [9.17, 15) is 4.79 Å². The molecule has 1 aromatic heterocycles. The van der Waals surface area contributed by atoms with Crippen molar-refractivity contribution in [3.63, 3.8) is 0 Å². The summed E-state index contributed by atoms with van der Waals surface area (Å²) in [7, 11) is 0. The fourth-order valence-electron chi connectivity index (χ4n) is 1.29. The first-order valence-electron chi connectivity index (χ1n) is 3.98. The minimum Gasteiger partial charge on any atom is -0.480 e. The second-order valence-corrected chi connectivity index (χ2v) is 3.16. The van der Waals surface area contributed by atoms with Gasteiger partial charge in [0.25, 0.3) is 0 Å². The van der Waals surface area contributed by atoms with E-state index in [1.165, 1.54) is 0 Å². The highest BCUT2D eigenvalue weighted by Crippen LogP contribution is 2.17. The predicted molar refractivity (Wildman–Crippen MR) is 45.9 cm³/mol. The Morgan fingerprint density at radius 1 is 1.33 bits per heavy atom. The molecule has 0 fully saturated rings. The monoisotopic (exact) mass is 167 g/mol. The normalized spacial score (nSPS) is 13.2. The maximum absolute atomic E-state index is 10.8. The third-order valence-electron chi connectivity index (χ3n) is 1.83. The molecule has 3 nitrogen and oxygen atoms in total. The van der Waals surface area contributed by atoms with E-state index in [0.29, 0.717) is 0 Å². The smallest absolute Gasteiger partial charge is 0.326 e. The van der Waals surface area contributed by atoms with E-state index in [2.05, 4.69) is 0 Å². The van der Waals surface area contributed by atoms with Gasteiger partial charge in [-0.15, -0.1) is 0 Å². The molecule has 0 spiro atoms. The number of rotatable bonds is 3. The van der Waals surface area contributed by atoms with Crippen LogP contribution in [-0.2, 0) is 4.79 Å². The maximum Gasteiger partial charge on any atom is 0.326 e. The standard InChI is InChI=1S/C9H13NO2/c1-7(2)8(9(11)12)10-5-3-4-6-10/h3-8H,1-2H3,(H,11,12)/t8-/m0/s1. The van der Waals surface area contributed by atoms with Crippen molar-refractivity contribution in [2.75, 3.05) is 0 Å². The van der Waals surface area contributed by atoms with Gasteiger partial charge < -0.3 is 9.67 Å². The lowest BCUT2D eigenvalue weighted by Crippen LogP contribution is -2.22. The summed E-state index contributed by atoms with van der Waals surface area (Å²) < 4.78 is 1.72. The summed E-state index contributed by atoms with van der Waals surface area (Å²) >= 11 is 0. The molecule has 0 saturated carbocycles. The van der Waals surface area contributed by atoms with Gasteiger partial charge in [0.1, 0.15) is 6.04 Å². The Bertz CT molecular complexity index is 252. The highest BCUT2D eigenvalue weighted by atomic mass is 16.4. The van der Waals surface area contributed by atoms with Gasteiger partial charge >= 0.3 is 5.97 Å². The summed E-state index contributed by atoms with van der Waals surface area (Å²) in [4.78, 5) is 10.8. The van der Waals surface area contributed by atoms with Gasteiger partial charge in [0.15, 0.2) is 0 Å². The summed E-state index contributed by atoms with van der Waals surface area (Å²) in [6.07, 6.45) is 3.55. The molecule has 1 heterocycles. The maximum atomic E-state index is 10.8. The zero-order valence-corrected chi connectivity index (χ0v) is 7.27. The summed E-state index contributed by atoms with van der Waals surface area (Å²) in [5.74, 6) is -0.670. The van der Waals surface area contributed by atoms with Gasteiger partial charge in [0, 0.05) is 12.4 Å². The first-order chi connectivity index (χ1) is 5.63. The van der Waals surface area contributed by atoms with Crippen molar-refractivity contribution in [3.8, 4) is 0 Å². The number of carbonyl (C=O) groups is 1. The van der Waals surface area contributed by atoms with Crippen molar-refractivity contribution < 1.29 is 9.90 Å². The number of aliphatic carboxylic acids is 1. The van der Waals surface area contributed by atoms with Crippen LogP contribution in [0.4, 0.5) is 0 Å². The molecule has 0 unspecified atom stereocenters. The molecular formula is C9H13NO2. The molecule has 3 heteroatoms. The molecule has 0 aliphatic carbocycles. The Balaban J connectivity index is 2.88. The quantitative estimate of drug-likeness (QED) is 0.745. The zero-order chi connectivity index (χ0) is 9.14. The van der Waals surface area contributed by atoms with E-state index >= 15 is 0 Å². The van der Waals surface area contributed by atoms with Crippen LogP contribution in [0.2, 0.25) is 0 Å². The number of hydrogen-bond donors (Lipinski definition) is 1. The Labute approximate surface area is 71.6 Å². The topological polar surface area (TPSA) is 42.2 Å². The fraction of sp³-hybridized carbons (Fsp3) is 0.444. The van der Waals surface area contributed by atoms with Gasteiger partial charge in [0.2, 0.25) is 0 Å². The number of hydrogen-bond acceptors (Lipinski definition) is 1. The SMILES string of the molecule is CC(C)[C@@H](C(=O)O)n1cccc1. The number of nitrogens with zero attached hydrogens (tertiary/aromatic N) is 1.